The summed E-state index contributed by atoms with van der Waals surface area (Å²) in [5.74, 6) is -3.50. The number of carboxylic acids is 2. The highest BCUT2D eigenvalue weighted by Crippen LogP contribution is 1.97. The number of aliphatic carboxylic acids is 2. The first kappa shape index (κ1) is 13.1. The van der Waals surface area contributed by atoms with Crippen molar-refractivity contribution < 1.29 is 29.3 Å². The molecule has 0 aliphatic rings. The maximum Gasteiger partial charge on any atom is 0.334 e. The second-order valence-corrected chi connectivity index (χ2v) is 2.71. The third-order valence-electron chi connectivity index (χ3n) is 1.37. The number of hydrogen-bond acceptors (Lipinski definition) is 5. The molecule has 0 aromatic carbocycles. The minimum absolute atomic E-state index is 0.139. The van der Waals surface area contributed by atoms with Gasteiger partial charge in [0.2, 0.25) is 0 Å². The summed E-state index contributed by atoms with van der Waals surface area (Å²) in [6.45, 7) is 0.738. The largest absolute Gasteiger partial charge is 0.480 e. The van der Waals surface area contributed by atoms with Gasteiger partial charge in [-0.05, 0) is 6.92 Å². The lowest BCUT2D eigenvalue weighted by Gasteiger charge is -2.07. The molecule has 0 saturated carbocycles. The fourth-order valence-corrected chi connectivity index (χ4v) is 0.595. The van der Waals surface area contributed by atoms with Crippen molar-refractivity contribution >= 4 is 17.9 Å². The number of carboxylic acid groups (broad SMARTS) is 2. The number of carbonyl (C=O) groups is 3. The maximum atomic E-state index is 11.0. The molecule has 0 bridgehead atoms. The SMILES string of the molecule is CC(=CC(=O)O)C(=O)OC[C@H](N)C(=O)O. The summed E-state index contributed by atoms with van der Waals surface area (Å²) in [7, 11) is 0. The van der Waals surface area contributed by atoms with Crippen LogP contribution < -0.4 is 5.73 Å². The monoisotopic (exact) mass is 217 g/mol. The van der Waals surface area contributed by atoms with E-state index in [-0.39, 0.29) is 5.57 Å². The molecule has 15 heavy (non-hydrogen) atoms. The van der Waals surface area contributed by atoms with Gasteiger partial charge in [-0.3, -0.25) is 4.79 Å². The van der Waals surface area contributed by atoms with E-state index in [0.717, 1.165) is 0 Å². The Hall–Kier alpha value is -1.89. The predicted octanol–water partition coefficient (Wildman–Crippen LogP) is -1.03. The number of ether oxygens (including phenoxy) is 1. The average molecular weight is 217 g/mol. The number of esters is 1. The quantitative estimate of drug-likeness (QED) is 0.397. The first-order valence-corrected chi connectivity index (χ1v) is 3.91. The first-order valence-electron chi connectivity index (χ1n) is 3.91. The summed E-state index contributed by atoms with van der Waals surface area (Å²) in [6.07, 6.45) is 0.661. The second-order valence-electron chi connectivity index (χ2n) is 2.71. The minimum Gasteiger partial charge on any atom is -0.480 e. The maximum absolute atomic E-state index is 11.0. The Labute approximate surface area is 85.1 Å². The molecule has 7 nitrogen and oxygen atoms in total. The highest BCUT2D eigenvalue weighted by Gasteiger charge is 2.15. The van der Waals surface area contributed by atoms with Crippen molar-refractivity contribution in [1.82, 2.24) is 0 Å². The van der Waals surface area contributed by atoms with Gasteiger partial charge in [-0.15, -0.1) is 0 Å². The lowest BCUT2D eigenvalue weighted by Crippen LogP contribution is -2.35. The zero-order chi connectivity index (χ0) is 12.0. The summed E-state index contributed by atoms with van der Waals surface area (Å²) < 4.78 is 4.45. The molecular weight excluding hydrogens is 206 g/mol. The minimum atomic E-state index is -1.31. The molecule has 84 valence electrons. The first-order chi connectivity index (χ1) is 6.84. The molecule has 1 atom stereocenters. The van der Waals surface area contributed by atoms with Crippen molar-refractivity contribution in [3.8, 4) is 0 Å². The molecule has 0 aliphatic carbocycles. The molecule has 7 heteroatoms. The Morgan fingerprint density at radius 3 is 2.33 bits per heavy atom. The molecule has 0 radical (unpaired) electrons. The van der Waals surface area contributed by atoms with Crippen LogP contribution in [0.4, 0.5) is 0 Å². The average Bonchev–Trinajstić information content (AvgIpc) is 2.12. The van der Waals surface area contributed by atoms with Crippen LogP contribution >= 0.6 is 0 Å². The van der Waals surface area contributed by atoms with E-state index in [4.69, 9.17) is 15.9 Å². The fourth-order valence-electron chi connectivity index (χ4n) is 0.595. The molecule has 0 fully saturated rings. The number of rotatable bonds is 5. The molecule has 4 N–H and O–H groups in total. The third-order valence-corrected chi connectivity index (χ3v) is 1.37. The highest BCUT2D eigenvalue weighted by molar-refractivity contribution is 5.95. The molecule has 0 heterocycles. The van der Waals surface area contributed by atoms with Gasteiger partial charge in [-0.1, -0.05) is 0 Å². The van der Waals surface area contributed by atoms with E-state index in [9.17, 15) is 14.4 Å². The van der Waals surface area contributed by atoms with Crippen LogP contribution in [0.5, 0.6) is 0 Å². The van der Waals surface area contributed by atoms with Gasteiger partial charge in [0.1, 0.15) is 12.6 Å². The van der Waals surface area contributed by atoms with Gasteiger partial charge < -0.3 is 20.7 Å². The molecule has 0 aromatic heterocycles. The van der Waals surface area contributed by atoms with Gasteiger partial charge in [0.05, 0.1) is 0 Å². The van der Waals surface area contributed by atoms with Gasteiger partial charge in [0.15, 0.2) is 0 Å². The fraction of sp³-hybridized carbons (Fsp3) is 0.375. The Balaban J connectivity index is 4.16. The summed E-state index contributed by atoms with van der Waals surface area (Å²) in [6, 6.07) is -1.31. The van der Waals surface area contributed by atoms with Crippen molar-refractivity contribution in [1.29, 1.82) is 0 Å². The van der Waals surface area contributed by atoms with Crippen LogP contribution in [0.25, 0.3) is 0 Å². The highest BCUT2D eigenvalue weighted by atomic mass is 16.5. The molecular formula is C8H11NO6. The van der Waals surface area contributed by atoms with Crippen molar-refractivity contribution in [2.24, 2.45) is 5.73 Å². The Morgan fingerprint density at radius 2 is 1.93 bits per heavy atom. The lowest BCUT2D eigenvalue weighted by atomic mass is 10.3. The van der Waals surface area contributed by atoms with Gasteiger partial charge in [-0.25, -0.2) is 9.59 Å². The normalized spacial score (nSPS) is 13.1. The van der Waals surface area contributed by atoms with Gasteiger partial charge >= 0.3 is 17.9 Å². The zero-order valence-electron chi connectivity index (χ0n) is 7.97. The van der Waals surface area contributed by atoms with Crippen LogP contribution in [0, 0.1) is 0 Å². The second kappa shape index (κ2) is 5.76. The molecule has 0 aliphatic heterocycles. The summed E-state index contributed by atoms with van der Waals surface area (Å²) >= 11 is 0. The smallest absolute Gasteiger partial charge is 0.334 e. The zero-order valence-corrected chi connectivity index (χ0v) is 7.97. The van der Waals surface area contributed by atoms with E-state index in [0.29, 0.717) is 6.08 Å². The topological polar surface area (TPSA) is 127 Å². The Bertz CT molecular complexity index is 308. The van der Waals surface area contributed by atoms with Crippen LogP contribution in [0.1, 0.15) is 6.92 Å². The molecule has 0 amide bonds. The Morgan fingerprint density at radius 1 is 1.40 bits per heavy atom. The molecule has 0 unspecified atom stereocenters. The third kappa shape index (κ3) is 5.42. The van der Waals surface area contributed by atoms with Gasteiger partial charge in [-0.2, -0.15) is 0 Å². The molecule has 0 rings (SSSR count). The van der Waals surface area contributed by atoms with Crippen molar-refractivity contribution in [3.63, 3.8) is 0 Å². The predicted molar refractivity (Wildman–Crippen MR) is 48.0 cm³/mol. The number of carbonyl (C=O) groups excluding carboxylic acids is 1. The van der Waals surface area contributed by atoms with E-state index >= 15 is 0 Å². The van der Waals surface area contributed by atoms with E-state index < -0.39 is 30.6 Å². The summed E-state index contributed by atoms with van der Waals surface area (Å²) in [4.78, 5) is 31.4. The van der Waals surface area contributed by atoms with Crippen molar-refractivity contribution in [2.75, 3.05) is 6.61 Å². The summed E-state index contributed by atoms with van der Waals surface area (Å²) in [5.41, 5.74) is 4.91. The van der Waals surface area contributed by atoms with Gasteiger partial charge in [0, 0.05) is 11.6 Å². The number of nitrogens with two attached hydrogens (primary N) is 1. The molecule has 0 aromatic rings. The van der Waals surface area contributed by atoms with Crippen LogP contribution in [0.2, 0.25) is 0 Å². The lowest BCUT2D eigenvalue weighted by molar-refractivity contribution is -0.145. The Kier molecular flexibility index (Phi) is 5.03. The standard InChI is InChI=1S/C8H11NO6/c1-4(2-6(10)11)8(14)15-3-5(9)7(12)13/h2,5H,3,9H2,1H3,(H,10,11)(H,12,13)/t5-/m0/s1. The van der Waals surface area contributed by atoms with Crippen molar-refractivity contribution in [3.05, 3.63) is 11.6 Å². The molecule has 0 saturated heterocycles. The van der Waals surface area contributed by atoms with Crippen LogP contribution in [0.15, 0.2) is 11.6 Å². The van der Waals surface area contributed by atoms with E-state index in [2.05, 4.69) is 4.74 Å². The molecule has 0 spiro atoms. The van der Waals surface area contributed by atoms with E-state index in [1.54, 1.807) is 0 Å². The van der Waals surface area contributed by atoms with E-state index in [1.165, 1.54) is 6.92 Å². The number of hydrogen-bond donors (Lipinski definition) is 3. The summed E-state index contributed by atoms with van der Waals surface area (Å²) in [5, 5.41) is 16.6. The van der Waals surface area contributed by atoms with Crippen LogP contribution in [0.3, 0.4) is 0 Å². The van der Waals surface area contributed by atoms with E-state index in [1.807, 2.05) is 0 Å². The van der Waals surface area contributed by atoms with Gasteiger partial charge in [0.25, 0.3) is 0 Å². The van der Waals surface area contributed by atoms with Crippen LogP contribution in [-0.2, 0) is 19.1 Å². The van der Waals surface area contributed by atoms with Crippen molar-refractivity contribution in [2.45, 2.75) is 13.0 Å². The van der Waals surface area contributed by atoms with Crippen LogP contribution in [-0.4, -0.2) is 40.8 Å².